The monoisotopic (exact) mass is 393 g/mol. The molecular weight excluding hydrogens is 362 g/mol. The van der Waals surface area contributed by atoms with Crippen LogP contribution in [0, 0.1) is 18.3 Å². The predicted molar refractivity (Wildman–Crippen MR) is 112 cm³/mol. The first kappa shape index (κ1) is 21.7. The molecule has 2 fully saturated rings. The number of amides is 2. The summed E-state index contributed by atoms with van der Waals surface area (Å²) in [7, 11) is 0. The van der Waals surface area contributed by atoms with Crippen molar-refractivity contribution in [1.82, 2.24) is 5.32 Å². The Labute approximate surface area is 168 Å². The summed E-state index contributed by atoms with van der Waals surface area (Å²) in [5, 5.41) is 9.59. The van der Waals surface area contributed by atoms with Crippen LogP contribution in [0.2, 0.25) is 0 Å². The topological polar surface area (TPSA) is 70.2 Å². The van der Waals surface area contributed by atoms with Crippen molar-refractivity contribution < 1.29 is 9.59 Å². The van der Waals surface area contributed by atoms with E-state index in [0.29, 0.717) is 24.4 Å². The van der Waals surface area contributed by atoms with Crippen molar-refractivity contribution in [2.45, 2.75) is 71.9 Å². The van der Waals surface area contributed by atoms with Crippen LogP contribution in [0.15, 0.2) is 18.2 Å². The second kappa shape index (κ2) is 8.61. The van der Waals surface area contributed by atoms with Gasteiger partial charge in [0.15, 0.2) is 0 Å². The van der Waals surface area contributed by atoms with Gasteiger partial charge in [-0.3, -0.25) is 9.59 Å². The maximum atomic E-state index is 12.5. The molecule has 0 aromatic heterocycles. The minimum atomic E-state index is -0.458. The van der Waals surface area contributed by atoms with Gasteiger partial charge in [0.25, 0.3) is 0 Å². The average molecular weight is 394 g/mol. The van der Waals surface area contributed by atoms with Crippen LogP contribution < -0.4 is 16.0 Å². The zero-order valence-corrected chi connectivity index (χ0v) is 17.5. The summed E-state index contributed by atoms with van der Waals surface area (Å²) in [5.74, 6) is 0.502. The van der Waals surface area contributed by atoms with E-state index in [0.717, 1.165) is 29.8 Å². The number of carbonyl (C=O) groups is 2. The maximum Gasteiger partial charge on any atom is 0.229 e. The quantitative estimate of drug-likeness (QED) is 0.715. The third-order valence-corrected chi connectivity index (χ3v) is 5.50. The Morgan fingerprint density at radius 3 is 2.33 bits per heavy atom. The molecule has 0 spiro atoms. The fourth-order valence-corrected chi connectivity index (χ4v) is 3.96. The van der Waals surface area contributed by atoms with E-state index in [1.54, 1.807) is 0 Å². The van der Waals surface area contributed by atoms with Crippen molar-refractivity contribution in [1.29, 1.82) is 0 Å². The molecule has 0 radical (unpaired) electrons. The molecule has 2 heterocycles. The summed E-state index contributed by atoms with van der Waals surface area (Å²) in [4.78, 5) is 24.7. The van der Waals surface area contributed by atoms with E-state index in [9.17, 15) is 9.59 Å². The number of hydrogen-bond donors (Lipinski definition) is 3. The third kappa shape index (κ3) is 5.69. The Kier molecular flexibility index (Phi) is 6.92. The lowest BCUT2D eigenvalue weighted by Gasteiger charge is -2.28. The van der Waals surface area contributed by atoms with Crippen LogP contribution >= 0.6 is 12.4 Å². The molecule has 1 aromatic rings. The van der Waals surface area contributed by atoms with Gasteiger partial charge in [-0.1, -0.05) is 26.8 Å². The van der Waals surface area contributed by atoms with Crippen molar-refractivity contribution in [2.75, 3.05) is 10.6 Å². The Bertz CT molecular complexity index is 687. The molecule has 6 heteroatoms. The number of anilines is 2. The van der Waals surface area contributed by atoms with Gasteiger partial charge in [0.1, 0.15) is 0 Å². The van der Waals surface area contributed by atoms with Crippen molar-refractivity contribution in [3.8, 4) is 0 Å². The van der Waals surface area contributed by atoms with Crippen molar-refractivity contribution >= 4 is 35.6 Å². The zero-order chi connectivity index (χ0) is 18.9. The highest BCUT2D eigenvalue weighted by Crippen LogP contribution is 2.33. The number of piperidine rings is 1. The summed E-state index contributed by atoms with van der Waals surface area (Å²) in [5.41, 5.74) is 2.01. The number of aryl methyl sites for hydroxylation is 1. The van der Waals surface area contributed by atoms with Gasteiger partial charge in [0.2, 0.25) is 11.8 Å². The molecule has 2 aliphatic heterocycles. The minimum Gasteiger partial charge on any atom is -0.326 e. The molecular formula is C21H32ClN3O2. The van der Waals surface area contributed by atoms with Crippen LogP contribution in [0.25, 0.3) is 0 Å². The van der Waals surface area contributed by atoms with E-state index < -0.39 is 5.41 Å². The Balaban J connectivity index is 0.00000261. The van der Waals surface area contributed by atoms with Gasteiger partial charge in [-0.15, -0.1) is 12.4 Å². The zero-order valence-electron chi connectivity index (χ0n) is 16.7. The van der Waals surface area contributed by atoms with E-state index in [1.165, 1.54) is 12.8 Å². The number of benzene rings is 1. The molecule has 2 unspecified atom stereocenters. The average Bonchev–Trinajstić information content (AvgIpc) is 2.88. The Morgan fingerprint density at radius 1 is 1.11 bits per heavy atom. The lowest BCUT2D eigenvalue weighted by molar-refractivity contribution is -0.123. The number of rotatable bonds is 4. The van der Waals surface area contributed by atoms with Crippen molar-refractivity contribution in [2.24, 2.45) is 11.3 Å². The third-order valence-electron chi connectivity index (χ3n) is 5.50. The van der Waals surface area contributed by atoms with Gasteiger partial charge in [-0.2, -0.15) is 0 Å². The lowest BCUT2D eigenvalue weighted by Crippen LogP contribution is -2.39. The van der Waals surface area contributed by atoms with E-state index in [2.05, 4.69) is 16.0 Å². The Hall–Kier alpha value is -1.59. The number of hydrogen-bond acceptors (Lipinski definition) is 3. The van der Waals surface area contributed by atoms with Gasteiger partial charge in [-0.05, 0) is 56.2 Å². The van der Waals surface area contributed by atoms with Gasteiger partial charge in [0, 0.05) is 35.3 Å². The largest absolute Gasteiger partial charge is 0.326 e. The summed E-state index contributed by atoms with van der Waals surface area (Å²) >= 11 is 0. The smallest absolute Gasteiger partial charge is 0.229 e. The van der Waals surface area contributed by atoms with Crippen molar-refractivity contribution in [3.63, 3.8) is 0 Å². The highest BCUT2D eigenvalue weighted by atomic mass is 35.5. The van der Waals surface area contributed by atoms with Crippen molar-refractivity contribution in [3.05, 3.63) is 23.8 Å². The molecule has 150 valence electrons. The van der Waals surface area contributed by atoms with Crippen LogP contribution in [-0.2, 0) is 9.59 Å². The van der Waals surface area contributed by atoms with Gasteiger partial charge < -0.3 is 16.0 Å². The SMILES string of the molecule is Cc1ccc(NC(=O)CC2CC3CCC(C2)N3)cc1NC(=O)C(C)(C)C.Cl. The molecule has 3 N–H and O–H groups in total. The fraction of sp³-hybridized carbons (Fsp3) is 0.619. The molecule has 2 bridgehead atoms. The summed E-state index contributed by atoms with van der Waals surface area (Å²) in [6, 6.07) is 6.88. The first-order chi connectivity index (χ1) is 12.2. The van der Waals surface area contributed by atoms with Crippen LogP contribution in [-0.4, -0.2) is 23.9 Å². The predicted octanol–water partition coefficient (Wildman–Crippen LogP) is 4.26. The number of fused-ring (bicyclic) bond motifs is 2. The Morgan fingerprint density at radius 2 is 1.74 bits per heavy atom. The van der Waals surface area contributed by atoms with Gasteiger partial charge in [0.05, 0.1) is 0 Å². The molecule has 27 heavy (non-hydrogen) atoms. The fourth-order valence-electron chi connectivity index (χ4n) is 3.96. The second-order valence-electron chi connectivity index (χ2n) is 8.96. The normalized spacial score (nSPS) is 24.1. The summed E-state index contributed by atoms with van der Waals surface area (Å²) < 4.78 is 0. The lowest BCUT2D eigenvalue weighted by atomic mass is 9.89. The van der Waals surface area contributed by atoms with Crippen LogP contribution in [0.4, 0.5) is 11.4 Å². The van der Waals surface area contributed by atoms with Gasteiger partial charge >= 0.3 is 0 Å². The molecule has 2 saturated heterocycles. The summed E-state index contributed by atoms with van der Waals surface area (Å²) in [6.45, 7) is 7.61. The molecule has 5 nitrogen and oxygen atoms in total. The molecule has 2 aliphatic rings. The first-order valence-electron chi connectivity index (χ1n) is 9.68. The van der Waals surface area contributed by atoms with E-state index in [4.69, 9.17) is 0 Å². The maximum absolute atomic E-state index is 12.5. The van der Waals surface area contributed by atoms with E-state index in [-0.39, 0.29) is 24.2 Å². The highest BCUT2D eigenvalue weighted by molar-refractivity contribution is 5.97. The number of halogens is 1. The molecule has 3 rings (SSSR count). The molecule has 1 aromatic carbocycles. The molecule has 2 amide bonds. The number of carbonyl (C=O) groups excluding carboxylic acids is 2. The van der Waals surface area contributed by atoms with E-state index in [1.807, 2.05) is 45.9 Å². The van der Waals surface area contributed by atoms with Crippen LogP contribution in [0.5, 0.6) is 0 Å². The van der Waals surface area contributed by atoms with Crippen LogP contribution in [0.1, 0.15) is 58.4 Å². The summed E-state index contributed by atoms with van der Waals surface area (Å²) in [6.07, 6.45) is 5.27. The number of nitrogens with one attached hydrogen (secondary N) is 3. The van der Waals surface area contributed by atoms with Gasteiger partial charge in [-0.25, -0.2) is 0 Å². The van der Waals surface area contributed by atoms with Crippen LogP contribution in [0.3, 0.4) is 0 Å². The van der Waals surface area contributed by atoms with E-state index >= 15 is 0 Å². The highest BCUT2D eigenvalue weighted by Gasteiger charge is 2.34. The molecule has 0 saturated carbocycles. The molecule has 0 aliphatic carbocycles. The first-order valence-corrected chi connectivity index (χ1v) is 9.68. The second-order valence-corrected chi connectivity index (χ2v) is 8.96. The minimum absolute atomic E-state index is 0. The standard InChI is InChI=1S/C21H31N3O2.ClH/c1-13-5-6-17(12-18(13)24-20(26)21(2,3)4)23-19(25)11-14-9-15-7-8-16(10-14)22-15;/h5-6,12,14-16,22H,7-11H2,1-4H3,(H,23,25)(H,24,26);1H. The molecule has 2 atom stereocenters.